The van der Waals surface area contributed by atoms with Gasteiger partial charge in [-0.3, -0.25) is 19.5 Å². The predicted molar refractivity (Wildman–Crippen MR) is 115 cm³/mol. The van der Waals surface area contributed by atoms with Crippen LogP contribution in [0.4, 0.5) is 5.69 Å². The Bertz CT molecular complexity index is 1280. The molecule has 0 atom stereocenters. The minimum Gasteiger partial charge on any atom is -0.292 e. The summed E-state index contributed by atoms with van der Waals surface area (Å²) in [6.07, 6.45) is 0. The number of nitro groups is 1. The average Bonchev–Trinajstić information content (AvgIpc) is 3.11. The van der Waals surface area contributed by atoms with Gasteiger partial charge in [-0.15, -0.1) is 0 Å². The fourth-order valence-electron chi connectivity index (χ4n) is 3.11. The smallest absolute Gasteiger partial charge is 0.270 e. The summed E-state index contributed by atoms with van der Waals surface area (Å²) in [6, 6.07) is 24.7. The first-order valence-electron chi connectivity index (χ1n) is 9.13. The first kappa shape index (κ1) is 19.4. The second kappa shape index (κ2) is 8.22. The zero-order valence-electron chi connectivity index (χ0n) is 15.7. The lowest BCUT2D eigenvalue weighted by molar-refractivity contribution is -0.384. The minimum atomic E-state index is -0.528. The highest BCUT2D eigenvalue weighted by Gasteiger charge is 2.18. The number of para-hydroxylation sites is 1. The molecule has 0 unspecified atom stereocenters. The SMILES string of the molecule is O=C(Cn1nc(-c2ccccc2)n(-c2ccccc2)c1=S)c1cccc([N+](=O)[O-])c1. The maximum atomic E-state index is 12.8. The standard InChI is InChI=1S/C22H16N4O3S/c27-20(17-10-7-13-19(14-17)26(28)29)15-24-22(30)25(18-11-5-2-6-12-18)21(23-24)16-8-3-1-4-9-16/h1-14H,15H2. The fraction of sp³-hybridized carbons (Fsp3) is 0.0455. The van der Waals surface area contributed by atoms with Crippen LogP contribution in [-0.4, -0.2) is 25.1 Å². The van der Waals surface area contributed by atoms with Crippen LogP contribution in [0, 0.1) is 14.9 Å². The van der Waals surface area contributed by atoms with Crippen molar-refractivity contribution in [1.29, 1.82) is 0 Å². The molecule has 0 spiro atoms. The Hall–Kier alpha value is -3.91. The third-order valence-electron chi connectivity index (χ3n) is 4.56. The molecule has 0 saturated heterocycles. The van der Waals surface area contributed by atoms with Crippen molar-refractivity contribution >= 4 is 23.7 Å². The van der Waals surface area contributed by atoms with Crippen LogP contribution in [0.25, 0.3) is 17.1 Å². The quantitative estimate of drug-likeness (QED) is 0.194. The second-order valence-electron chi connectivity index (χ2n) is 6.53. The number of Topliss-reactive ketones (excluding diaryl/α,β-unsaturated/α-hetero) is 1. The summed E-state index contributed by atoms with van der Waals surface area (Å²) in [4.78, 5) is 23.3. The number of carbonyl (C=O) groups is 1. The molecule has 0 aliphatic rings. The molecular formula is C22H16N4O3S. The minimum absolute atomic E-state index is 0.125. The average molecular weight is 416 g/mol. The van der Waals surface area contributed by atoms with E-state index in [0.29, 0.717) is 10.6 Å². The fourth-order valence-corrected chi connectivity index (χ4v) is 3.41. The van der Waals surface area contributed by atoms with Crippen LogP contribution in [0.5, 0.6) is 0 Å². The van der Waals surface area contributed by atoms with Crippen molar-refractivity contribution in [3.63, 3.8) is 0 Å². The maximum Gasteiger partial charge on any atom is 0.270 e. The number of non-ortho nitro benzene ring substituents is 1. The van der Waals surface area contributed by atoms with Gasteiger partial charge in [0.25, 0.3) is 5.69 Å². The number of hydrogen-bond acceptors (Lipinski definition) is 5. The number of ketones is 1. The molecule has 1 aromatic heterocycles. The van der Waals surface area contributed by atoms with E-state index in [4.69, 9.17) is 12.2 Å². The topological polar surface area (TPSA) is 83.0 Å². The summed E-state index contributed by atoms with van der Waals surface area (Å²) < 4.78 is 3.62. The van der Waals surface area contributed by atoms with Crippen LogP contribution in [0.3, 0.4) is 0 Å². The second-order valence-corrected chi connectivity index (χ2v) is 6.90. The van der Waals surface area contributed by atoms with E-state index in [1.165, 1.54) is 22.9 Å². The van der Waals surface area contributed by atoms with Crippen LogP contribution in [0.2, 0.25) is 0 Å². The number of benzene rings is 3. The van der Waals surface area contributed by atoms with Crippen LogP contribution in [0.15, 0.2) is 84.9 Å². The number of hydrogen-bond donors (Lipinski definition) is 0. The third-order valence-corrected chi connectivity index (χ3v) is 4.95. The normalized spacial score (nSPS) is 10.7. The van der Waals surface area contributed by atoms with Gasteiger partial charge in [0.2, 0.25) is 4.77 Å². The molecule has 7 nitrogen and oxygen atoms in total. The summed E-state index contributed by atoms with van der Waals surface area (Å²) >= 11 is 5.63. The molecule has 8 heteroatoms. The first-order chi connectivity index (χ1) is 14.5. The molecular weight excluding hydrogens is 400 g/mol. The Balaban J connectivity index is 1.77. The molecule has 4 rings (SSSR count). The van der Waals surface area contributed by atoms with Crippen molar-refractivity contribution in [3.05, 3.63) is 105 Å². The maximum absolute atomic E-state index is 12.8. The summed E-state index contributed by atoms with van der Waals surface area (Å²) in [6.45, 7) is -0.125. The van der Waals surface area contributed by atoms with Crippen molar-refractivity contribution in [1.82, 2.24) is 14.3 Å². The van der Waals surface area contributed by atoms with Gasteiger partial charge in [-0.1, -0.05) is 60.7 Å². The Labute approximate surface area is 177 Å². The van der Waals surface area contributed by atoms with Gasteiger partial charge in [-0.2, -0.15) is 5.10 Å². The van der Waals surface area contributed by atoms with E-state index < -0.39 is 4.92 Å². The molecule has 0 aliphatic heterocycles. The van der Waals surface area contributed by atoms with Gasteiger partial charge in [0.05, 0.1) is 4.92 Å². The van der Waals surface area contributed by atoms with E-state index in [0.717, 1.165) is 11.3 Å². The summed E-state index contributed by atoms with van der Waals surface area (Å²) in [7, 11) is 0. The molecule has 148 valence electrons. The largest absolute Gasteiger partial charge is 0.292 e. The Kier molecular flexibility index (Phi) is 5.32. The summed E-state index contributed by atoms with van der Waals surface area (Å²) in [5.74, 6) is 0.297. The Morgan fingerprint density at radius 2 is 1.63 bits per heavy atom. The van der Waals surface area contributed by atoms with Gasteiger partial charge in [-0.05, 0) is 24.4 Å². The lowest BCUT2D eigenvalue weighted by Crippen LogP contribution is -2.12. The highest BCUT2D eigenvalue weighted by Crippen LogP contribution is 2.23. The first-order valence-corrected chi connectivity index (χ1v) is 9.54. The number of nitro benzene ring substituents is 1. The van der Waals surface area contributed by atoms with Crippen molar-refractivity contribution in [2.75, 3.05) is 0 Å². The van der Waals surface area contributed by atoms with Gasteiger partial charge >= 0.3 is 0 Å². The highest BCUT2D eigenvalue weighted by atomic mass is 32.1. The zero-order chi connectivity index (χ0) is 21.1. The van der Waals surface area contributed by atoms with Gasteiger partial charge in [-0.25, -0.2) is 4.68 Å². The molecule has 4 aromatic rings. The Morgan fingerprint density at radius 3 is 2.30 bits per heavy atom. The molecule has 3 aromatic carbocycles. The van der Waals surface area contributed by atoms with E-state index in [-0.39, 0.29) is 23.6 Å². The van der Waals surface area contributed by atoms with Crippen molar-refractivity contribution < 1.29 is 9.72 Å². The van der Waals surface area contributed by atoms with Crippen LogP contribution >= 0.6 is 12.2 Å². The number of aromatic nitrogens is 3. The zero-order valence-corrected chi connectivity index (χ0v) is 16.5. The molecule has 0 amide bonds. The van der Waals surface area contributed by atoms with Crippen molar-refractivity contribution in [3.8, 4) is 17.1 Å². The lowest BCUT2D eigenvalue weighted by atomic mass is 10.1. The molecule has 0 N–H and O–H groups in total. The van der Waals surface area contributed by atoms with Gasteiger partial charge in [0.1, 0.15) is 6.54 Å². The molecule has 0 fully saturated rings. The molecule has 0 bridgehead atoms. The van der Waals surface area contributed by atoms with Gasteiger partial charge < -0.3 is 0 Å². The van der Waals surface area contributed by atoms with E-state index >= 15 is 0 Å². The number of carbonyl (C=O) groups excluding carboxylic acids is 1. The van der Waals surface area contributed by atoms with Gasteiger partial charge in [0, 0.05) is 28.9 Å². The molecule has 1 heterocycles. The lowest BCUT2D eigenvalue weighted by Gasteiger charge is -2.06. The molecule has 0 aliphatic carbocycles. The summed E-state index contributed by atoms with van der Waals surface area (Å²) in [5, 5.41) is 15.6. The van der Waals surface area contributed by atoms with E-state index in [1.807, 2.05) is 65.2 Å². The van der Waals surface area contributed by atoms with Crippen LogP contribution in [0.1, 0.15) is 10.4 Å². The van der Waals surface area contributed by atoms with Crippen LogP contribution < -0.4 is 0 Å². The predicted octanol–water partition coefficient (Wildman–Crippen LogP) is 4.86. The molecule has 30 heavy (non-hydrogen) atoms. The number of nitrogens with zero attached hydrogens (tertiary/aromatic N) is 4. The van der Waals surface area contributed by atoms with Gasteiger partial charge in [0.15, 0.2) is 11.6 Å². The van der Waals surface area contributed by atoms with Crippen LogP contribution in [-0.2, 0) is 6.54 Å². The highest BCUT2D eigenvalue weighted by molar-refractivity contribution is 7.71. The third kappa shape index (κ3) is 3.81. The van der Waals surface area contributed by atoms with E-state index in [1.54, 1.807) is 6.07 Å². The van der Waals surface area contributed by atoms with Crippen molar-refractivity contribution in [2.24, 2.45) is 0 Å². The number of rotatable bonds is 6. The molecule has 0 saturated carbocycles. The monoisotopic (exact) mass is 416 g/mol. The Morgan fingerprint density at radius 1 is 0.967 bits per heavy atom. The summed E-state index contributed by atoms with van der Waals surface area (Å²) in [5.41, 5.74) is 1.79. The van der Waals surface area contributed by atoms with Crippen molar-refractivity contribution in [2.45, 2.75) is 6.54 Å². The van der Waals surface area contributed by atoms with E-state index in [2.05, 4.69) is 5.10 Å². The van der Waals surface area contributed by atoms with E-state index in [9.17, 15) is 14.9 Å². The molecule has 0 radical (unpaired) electrons.